The summed E-state index contributed by atoms with van der Waals surface area (Å²) in [5.74, 6) is 0.354. The molecular weight excluding hydrogens is 266 g/mol. The fraction of sp³-hybridized carbons (Fsp3) is 0.500. The van der Waals surface area contributed by atoms with Crippen LogP contribution in [0.2, 0.25) is 0 Å². The maximum absolute atomic E-state index is 11.9. The molecule has 0 spiro atoms. The third-order valence-electron chi connectivity index (χ3n) is 3.19. The van der Waals surface area contributed by atoms with Gasteiger partial charge in [0.2, 0.25) is 0 Å². The minimum absolute atomic E-state index is 0.0456. The van der Waals surface area contributed by atoms with Crippen LogP contribution in [-0.4, -0.2) is 34.9 Å². The first-order valence-corrected chi connectivity index (χ1v) is 7.50. The molecule has 1 aromatic rings. The summed E-state index contributed by atoms with van der Waals surface area (Å²) in [6.45, 7) is 5.62. The number of amides is 1. The van der Waals surface area contributed by atoms with Crippen molar-refractivity contribution in [2.24, 2.45) is 0 Å². The van der Waals surface area contributed by atoms with Gasteiger partial charge >= 0.3 is 0 Å². The second kappa shape index (κ2) is 4.48. The summed E-state index contributed by atoms with van der Waals surface area (Å²) < 4.78 is 23.5. The number of nitrogens with zero attached hydrogens (tertiary/aromatic N) is 2. The summed E-state index contributed by atoms with van der Waals surface area (Å²) in [5.41, 5.74) is 0.689. The minimum atomic E-state index is -3.53. The summed E-state index contributed by atoms with van der Waals surface area (Å²) in [5, 5.41) is 3.04. The molecule has 1 N–H and O–H groups in total. The molecule has 1 amide bonds. The number of pyridine rings is 1. The smallest absolute Gasteiger partial charge is 0.259 e. The van der Waals surface area contributed by atoms with Gasteiger partial charge in [0.1, 0.15) is 5.82 Å². The lowest BCUT2D eigenvalue weighted by atomic mass is 10.1. The Hall–Kier alpha value is -1.63. The highest BCUT2D eigenvalue weighted by molar-refractivity contribution is 7.94. The SMILES string of the molecule is CCNc1ccc(CN2C(=O)C(C)(C)S2(=O)=O)cn1. The Kier molecular flexibility index (Phi) is 3.25. The molecule has 0 aromatic carbocycles. The van der Waals surface area contributed by atoms with Gasteiger partial charge in [0.05, 0.1) is 6.54 Å². The third kappa shape index (κ3) is 2.07. The topological polar surface area (TPSA) is 79.4 Å². The van der Waals surface area contributed by atoms with Gasteiger partial charge in [-0.2, -0.15) is 0 Å². The Morgan fingerprint density at radius 2 is 2.05 bits per heavy atom. The molecule has 6 nitrogen and oxygen atoms in total. The van der Waals surface area contributed by atoms with E-state index in [-0.39, 0.29) is 12.5 Å². The van der Waals surface area contributed by atoms with Crippen molar-refractivity contribution in [1.29, 1.82) is 0 Å². The van der Waals surface area contributed by atoms with Crippen molar-refractivity contribution in [3.63, 3.8) is 0 Å². The van der Waals surface area contributed by atoms with Gasteiger partial charge in [0.25, 0.3) is 15.9 Å². The highest BCUT2D eigenvalue weighted by Gasteiger charge is 2.59. The number of nitrogens with one attached hydrogen (secondary N) is 1. The van der Waals surface area contributed by atoms with Crippen LogP contribution in [0.5, 0.6) is 0 Å². The molecule has 0 aliphatic carbocycles. The fourth-order valence-electron chi connectivity index (χ4n) is 1.88. The Morgan fingerprint density at radius 1 is 1.37 bits per heavy atom. The van der Waals surface area contributed by atoms with Crippen LogP contribution in [0.4, 0.5) is 5.82 Å². The van der Waals surface area contributed by atoms with E-state index in [4.69, 9.17) is 0 Å². The first kappa shape index (κ1) is 13.8. The summed E-state index contributed by atoms with van der Waals surface area (Å²) >= 11 is 0. The van der Waals surface area contributed by atoms with Crippen molar-refractivity contribution >= 4 is 21.7 Å². The Labute approximate surface area is 112 Å². The third-order valence-corrected chi connectivity index (χ3v) is 5.52. The monoisotopic (exact) mass is 283 g/mol. The number of rotatable bonds is 4. The molecule has 0 atom stereocenters. The number of sulfonamides is 1. The van der Waals surface area contributed by atoms with Gasteiger partial charge in [0.15, 0.2) is 4.75 Å². The number of carbonyl (C=O) groups is 1. The van der Waals surface area contributed by atoms with E-state index in [1.54, 1.807) is 18.3 Å². The lowest BCUT2D eigenvalue weighted by Gasteiger charge is -2.42. The van der Waals surface area contributed by atoms with Crippen LogP contribution >= 0.6 is 0 Å². The normalized spacial score (nSPS) is 19.9. The first-order chi connectivity index (χ1) is 8.80. The van der Waals surface area contributed by atoms with Gasteiger partial charge in [-0.1, -0.05) is 6.07 Å². The van der Waals surface area contributed by atoms with E-state index >= 15 is 0 Å². The van der Waals surface area contributed by atoms with Crippen molar-refractivity contribution in [2.45, 2.75) is 32.1 Å². The van der Waals surface area contributed by atoms with Crippen molar-refractivity contribution in [1.82, 2.24) is 9.29 Å². The molecule has 1 fully saturated rings. The average molecular weight is 283 g/mol. The number of aromatic nitrogens is 1. The lowest BCUT2D eigenvalue weighted by molar-refractivity contribution is -0.132. The number of anilines is 1. The van der Waals surface area contributed by atoms with E-state index in [2.05, 4.69) is 10.3 Å². The van der Waals surface area contributed by atoms with E-state index < -0.39 is 14.8 Å². The fourth-order valence-corrected chi connectivity index (χ4v) is 3.40. The lowest BCUT2D eigenvalue weighted by Crippen LogP contribution is -2.66. The first-order valence-electron chi connectivity index (χ1n) is 6.06. The Morgan fingerprint density at radius 3 is 2.53 bits per heavy atom. The highest BCUT2D eigenvalue weighted by atomic mass is 32.2. The molecule has 0 radical (unpaired) electrons. The zero-order chi connectivity index (χ0) is 14.3. The molecule has 2 rings (SSSR count). The second-order valence-electron chi connectivity index (χ2n) is 4.91. The molecule has 0 bridgehead atoms. The van der Waals surface area contributed by atoms with Gasteiger partial charge in [-0.3, -0.25) is 4.79 Å². The predicted molar refractivity (Wildman–Crippen MR) is 71.9 cm³/mol. The number of hydrogen-bond donors (Lipinski definition) is 1. The average Bonchev–Trinajstić information content (AvgIpc) is 2.37. The highest BCUT2D eigenvalue weighted by Crippen LogP contribution is 2.35. The quantitative estimate of drug-likeness (QED) is 0.890. The Balaban J connectivity index is 2.13. The van der Waals surface area contributed by atoms with E-state index in [0.717, 1.165) is 16.7 Å². The molecule has 104 valence electrons. The maximum atomic E-state index is 11.9. The van der Waals surface area contributed by atoms with Crippen LogP contribution in [0.15, 0.2) is 18.3 Å². The van der Waals surface area contributed by atoms with Crippen molar-refractivity contribution in [2.75, 3.05) is 11.9 Å². The molecule has 1 aliphatic rings. The summed E-state index contributed by atoms with van der Waals surface area (Å²) in [7, 11) is -3.53. The number of carbonyl (C=O) groups excluding carboxylic acids is 1. The molecule has 1 saturated heterocycles. The van der Waals surface area contributed by atoms with Crippen LogP contribution in [-0.2, 0) is 21.4 Å². The van der Waals surface area contributed by atoms with Crippen LogP contribution in [0.3, 0.4) is 0 Å². The predicted octanol–water partition coefficient (Wildman–Crippen LogP) is 0.964. The summed E-state index contributed by atoms with van der Waals surface area (Å²) in [4.78, 5) is 15.9. The molecule has 2 heterocycles. The van der Waals surface area contributed by atoms with Crippen LogP contribution in [0.25, 0.3) is 0 Å². The van der Waals surface area contributed by atoms with Crippen molar-refractivity contribution in [3.8, 4) is 0 Å². The van der Waals surface area contributed by atoms with Gasteiger partial charge in [-0.25, -0.2) is 17.7 Å². The summed E-state index contributed by atoms with van der Waals surface area (Å²) in [6, 6.07) is 3.53. The van der Waals surface area contributed by atoms with E-state index in [9.17, 15) is 13.2 Å². The van der Waals surface area contributed by atoms with Gasteiger partial charge < -0.3 is 5.32 Å². The summed E-state index contributed by atoms with van der Waals surface area (Å²) in [6.07, 6.45) is 1.58. The van der Waals surface area contributed by atoms with Crippen LogP contribution in [0.1, 0.15) is 26.3 Å². The molecular formula is C12H17N3O3S. The minimum Gasteiger partial charge on any atom is -0.370 e. The molecule has 19 heavy (non-hydrogen) atoms. The zero-order valence-electron chi connectivity index (χ0n) is 11.2. The van der Waals surface area contributed by atoms with E-state index in [1.807, 2.05) is 6.92 Å². The van der Waals surface area contributed by atoms with Crippen molar-refractivity contribution < 1.29 is 13.2 Å². The molecule has 1 aromatic heterocycles. The van der Waals surface area contributed by atoms with Crippen LogP contribution in [0, 0.1) is 0 Å². The van der Waals surface area contributed by atoms with Gasteiger partial charge in [-0.15, -0.1) is 0 Å². The zero-order valence-corrected chi connectivity index (χ0v) is 12.0. The number of hydrogen-bond acceptors (Lipinski definition) is 5. The van der Waals surface area contributed by atoms with Gasteiger partial charge in [-0.05, 0) is 32.4 Å². The van der Waals surface area contributed by atoms with Crippen molar-refractivity contribution in [3.05, 3.63) is 23.9 Å². The van der Waals surface area contributed by atoms with E-state index in [1.165, 1.54) is 13.8 Å². The second-order valence-corrected chi connectivity index (χ2v) is 7.32. The standard InChI is InChI=1S/C12H17N3O3S/c1-4-13-10-6-5-9(7-14-10)8-15-11(16)12(2,3)19(15,17)18/h5-7H,4,8H2,1-3H3,(H,13,14). The van der Waals surface area contributed by atoms with Crippen LogP contribution < -0.4 is 5.32 Å². The molecule has 1 aliphatic heterocycles. The molecule has 0 unspecified atom stereocenters. The Bertz CT molecular complexity index is 593. The molecule has 0 saturated carbocycles. The largest absolute Gasteiger partial charge is 0.370 e. The molecule has 7 heteroatoms. The van der Waals surface area contributed by atoms with Gasteiger partial charge in [0, 0.05) is 12.7 Å². The maximum Gasteiger partial charge on any atom is 0.259 e. The van der Waals surface area contributed by atoms with E-state index in [0.29, 0.717) is 5.56 Å².